The molecule has 2 rings (SSSR count). The number of amides is 1. The van der Waals surface area contributed by atoms with Gasteiger partial charge in [-0.3, -0.25) is 4.79 Å². The fourth-order valence-corrected chi connectivity index (χ4v) is 2.52. The third-order valence-electron chi connectivity index (χ3n) is 3.51. The van der Waals surface area contributed by atoms with Gasteiger partial charge >= 0.3 is 0 Å². The Hall–Kier alpha value is -2.22. The van der Waals surface area contributed by atoms with E-state index < -0.39 is 11.7 Å². The van der Waals surface area contributed by atoms with Crippen molar-refractivity contribution in [3.8, 4) is 17.6 Å². The highest BCUT2D eigenvalue weighted by Gasteiger charge is 2.29. The average molecular weight is 260 g/mol. The van der Waals surface area contributed by atoms with Crippen LogP contribution < -0.4 is 0 Å². The standard InChI is InChI=1S/C14H16N2O3/c15-8-9-16(10-4-1-2-5-10)14(19)11-6-3-7-12(17)13(11)18/h3,6-7,10,17-18H,1-2,4-5,9H2. The molecule has 2 N–H and O–H groups in total. The van der Waals surface area contributed by atoms with Crippen LogP contribution in [0.15, 0.2) is 18.2 Å². The van der Waals surface area contributed by atoms with E-state index in [1.54, 1.807) is 0 Å². The van der Waals surface area contributed by atoms with Gasteiger partial charge in [-0.1, -0.05) is 18.9 Å². The Morgan fingerprint density at radius 1 is 1.37 bits per heavy atom. The Morgan fingerprint density at radius 2 is 2.05 bits per heavy atom. The van der Waals surface area contributed by atoms with E-state index in [0.717, 1.165) is 25.7 Å². The molecule has 1 amide bonds. The zero-order valence-electron chi connectivity index (χ0n) is 10.5. The molecule has 5 heteroatoms. The number of phenols is 2. The van der Waals surface area contributed by atoms with Crippen LogP contribution in [0.2, 0.25) is 0 Å². The number of nitrogens with zero attached hydrogens (tertiary/aromatic N) is 2. The second-order valence-electron chi connectivity index (χ2n) is 4.70. The number of benzene rings is 1. The highest BCUT2D eigenvalue weighted by Crippen LogP contribution is 2.31. The summed E-state index contributed by atoms with van der Waals surface area (Å²) in [6.07, 6.45) is 3.86. The van der Waals surface area contributed by atoms with Crippen LogP contribution in [0.3, 0.4) is 0 Å². The van der Waals surface area contributed by atoms with Gasteiger partial charge in [-0.25, -0.2) is 0 Å². The van der Waals surface area contributed by atoms with Gasteiger partial charge in [0.2, 0.25) is 0 Å². The minimum atomic E-state index is -0.423. The second kappa shape index (κ2) is 5.61. The summed E-state index contributed by atoms with van der Waals surface area (Å²) in [5.41, 5.74) is 0.0437. The molecule has 5 nitrogen and oxygen atoms in total. The van der Waals surface area contributed by atoms with Gasteiger partial charge in [0, 0.05) is 6.04 Å². The van der Waals surface area contributed by atoms with Gasteiger partial charge in [0.15, 0.2) is 11.5 Å². The third-order valence-corrected chi connectivity index (χ3v) is 3.51. The molecule has 1 aliphatic rings. The Kier molecular flexibility index (Phi) is 3.91. The van der Waals surface area contributed by atoms with E-state index in [1.807, 2.05) is 6.07 Å². The molecule has 0 aromatic heterocycles. The summed E-state index contributed by atoms with van der Waals surface area (Å²) in [5.74, 6) is -1.15. The van der Waals surface area contributed by atoms with E-state index in [9.17, 15) is 15.0 Å². The first kappa shape index (κ1) is 13.2. The van der Waals surface area contributed by atoms with Crippen LogP contribution in [0.4, 0.5) is 0 Å². The van der Waals surface area contributed by atoms with Crippen LogP contribution in [-0.2, 0) is 0 Å². The van der Waals surface area contributed by atoms with Crippen molar-refractivity contribution in [2.24, 2.45) is 0 Å². The Labute approximate surface area is 111 Å². The summed E-state index contributed by atoms with van der Waals surface area (Å²) in [5, 5.41) is 28.0. The molecule has 0 bridgehead atoms. The van der Waals surface area contributed by atoms with Gasteiger partial charge in [-0.05, 0) is 25.0 Å². The monoisotopic (exact) mass is 260 g/mol. The molecule has 0 spiro atoms. The number of phenolic OH excluding ortho intramolecular Hbond substituents is 2. The van der Waals surface area contributed by atoms with Crippen LogP contribution in [0.25, 0.3) is 0 Å². The van der Waals surface area contributed by atoms with Crippen molar-refractivity contribution in [2.45, 2.75) is 31.7 Å². The summed E-state index contributed by atoms with van der Waals surface area (Å²) in [6.45, 7) is -0.00139. The van der Waals surface area contributed by atoms with Crippen LogP contribution >= 0.6 is 0 Å². The topological polar surface area (TPSA) is 84.6 Å². The van der Waals surface area contributed by atoms with Gasteiger partial charge in [0.1, 0.15) is 6.54 Å². The summed E-state index contributed by atoms with van der Waals surface area (Å²) in [6, 6.07) is 6.31. The molecule has 0 unspecified atom stereocenters. The summed E-state index contributed by atoms with van der Waals surface area (Å²) in [7, 11) is 0. The van der Waals surface area contributed by atoms with Crippen molar-refractivity contribution < 1.29 is 15.0 Å². The second-order valence-corrected chi connectivity index (χ2v) is 4.70. The van der Waals surface area contributed by atoms with Crippen molar-refractivity contribution in [1.82, 2.24) is 4.90 Å². The molecule has 1 aliphatic carbocycles. The smallest absolute Gasteiger partial charge is 0.258 e. The number of nitriles is 1. The van der Waals surface area contributed by atoms with Crippen LogP contribution in [0, 0.1) is 11.3 Å². The van der Waals surface area contributed by atoms with E-state index >= 15 is 0 Å². The average Bonchev–Trinajstić information content (AvgIpc) is 2.92. The van der Waals surface area contributed by atoms with E-state index in [-0.39, 0.29) is 23.9 Å². The van der Waals surface area contributed by atoms with Crippen molar-refractivity contribution in [1.29, 1.82) is 5.26 Å². The SMILES string of the molecule is N#CCN(C(=O)c1cccc(O)c1O)C1CCCC1. The van der Waals surface area contributed by atoms with Gasteiger partial charge in [0.25, 0.3) is 5.91 Å². The number of rotatable bonds is 3. The maximum absolute atomic E-state index is 12.4. The first-order chi connectivity index (χ1) is 9.15. The van der Waals surface area contributed by atoms with E-state index in [2.05, 4.69) is 0 Å². The minimum absolute atomic E-state index is 0.00139. The number of hydrogen-bond donors (Lipinski definition) is 2. The normalized spacial score (nSPS) is 15.1. The summed E-state index contributed by atoms with van der Waals surface area (Å²) < 4.78 is 0. The van der Waals surface area contributed by atoms with Crippen LogP contribution in [0.1, 0.15) is 36.0 Å². The number of carbonyl (C=O) groups is 1. The largest absolute Gasteiger partial charge is 0.504 e. The molecule has 1 aromatic carbocycles. The van der Waals surface area contributed by atoms with E-state index in [1.165, 1.54) is 23.1 Å². The predicted octanol–water partition coefficient (Wildman–Crippen LogP) is 2.01. The van der Waals surface area contributed by atoms with Gasteiger partial charge in [0.05, 0.1) is 11.6 Å². The van der Waals surface area contributed by atoms with Crippen LogP contribution in [-0.4, -0.2) is 33.6 Å². The quantitative estimate of drug-likeness (QED) is 0.643. The molecule has 0 radical (unpaired) electrons. The fourth-order valence-electron chi connectivity index (χ4n) is 2.52. The lowest BCUT2D eigenvalue weighted by molar-refractivity contribution is 0.0705. The van der Waals surface area contributed by atoms with Crippen molar-refractivity contribution in [3.05, 3.63) is 23.8 Å². The number of carbonyl (C=O) groups excluding carboxylic acids is 1. The van der Waals surface area contributed by atoms with E-state index in [0.29, 0.717) is 0 Å². The number of hydrogen-bond acceptors (Lipinski definition) is 4. The summed E-state index contributed by atoms with van der Waals surface area (Å²) in [4.78, 5) is 13.9. The zero-order chi connectivity index (χ0) is 13.8. The zero-order valence-corrected chi connectivity index (χ0v) is 10.5. The molecule has 1 aromatic rings. The lowest BCUT2D eigenvalue weighted by Crippen LogP contribution is -2.39. The van der Waals surface area contributed by atoms with Crippen molar-refractivity contribution in [2.75, 3.05) is 6.54 Å². The third kappa shape index (κ3) is 2.63. The first-order valence-corrected chi connectivity index (χ1v) is 6.34. The first-order valence-electron chi connectivity index (χ1n) is 6.34. The van der Waals surface area contributed by atoms with Crippen molar-refractivity contribution in [3.63, 3.8) is 0 Å². The Morgan fingerprint density at radius 3 is 2.68 bits per heavy atom. The molecule has 0 heterocycles. The fraction of sp³-hybridized carbons (Fsp3) is 0.429. The lowest BCUT2D eigenvalue weighted by Gasteiger charge is -2.26. The van der Waals surface area contributed by atoms with Gasteiger partial charge in [-0.2, -0.15) is 5.26 Å². The molecule has 0 aliphatic heterocycles. The highest BCUT2D eigenvalue weighted by atomic mass is 16.3. The molecule has 0 saturated heterocycles. The molecule has 1 fully saturated rings. The van der Waals surface area contributed by atoms with Crippen LogP contribution in [0.5, 0.6) is 11.5 Å². The number of para-hydroxylation sites is 1. The van der Waals surface area contributed by atoms with Crippen molar-refractivity contribution >= 4 is 5.91 Å². The molecule has 19 heavy (non-hydrogen) atoms. The van der Waals surface area contributed by atoms with Gasteiger partial charge in [-0.15, -0.1) is 0 Å². The Bertz CT molecular complexity index is 516. The maximum atomic E-state index is 12.4. The number of aromatic hydroxyl groups is 2. The highest BCUT2D eigenvalue weighted by molar-refractivity contribution is 5.98. The predicted molar refractivity (Wildman–Crippen MR) is 68.7 cm³/mol. The molecular formula is C14H16N2O3. The molecule has 100 valence electrons. The lowest BCUT2D eigenvalue weighted by atomic mass is 10.1. The molecule has 1 saturated carbocycles. The van der Waals surface area contributed by atoms with Gasteiger partial charge < -0.3 is 15.1 Å². The van der Waals surface area contributed by atoms with E-state index in [4.69, 9.17) is 5.26 Å². The maximum Gasteiger partial charge on any atom is 0.258 e. The molecule has 0 atom stereocenters. The minimum Gasteiger partial charge on any atom is -0.504 e. The summed E-state index contributed by atoms with van der Waals surface area (Å²) >= 11 is 0. The Balaban J connectivity index is 2.28. The molecular weight excluding hydrogens is 244 g/mol.